The molecule has 0 aliphatic heterocycles. The van der Waals surface area contributed by atoms with Crippen LogP contribution in [0.5, 0.6) is 0 Å². The number of nitrogens with zero attached hydrogens (tertiary/aromatic N) is 1. The third-order valence-corrected chi connectivity index (χ3v) is 2.47. The molecule has 13 heavy (non-hydrogen) atoms. The molecular formula is C9H10NO2P. The highest BCUT2D eigenvalue weighted by molar-refractivity contribution is 7.54. The molecule has 3 nitrogen and oxygen atoms in total. The van der Waals surface area contributed by atoms with Crippen molar-refractivity contribution in [3.05, 3.63) is 30.3 Å². The predicted octanol–water partition coefficient (Wildman–Crippen LogP) is 1.58. The Hall–Kier alpha value is -1.02. The number of aliphatic imine (C=N–C) groups is 1. The number of benzene rings is 1. The molecule has 0 unspecified atom stereocenters. The Kier molecular flexibility index (Phi) is 3.32. The zero-order valence-electron chi connectivity index (χ0n) is 7.01. The van der Waals surface area contributed by atoms with E-state index in [0.717, 1.165) is 0 Å². The molecule has 0 fully saturated rings. The van der Waals surface area contributed by atoms with Crippen LogP contribution in [0.15, 0.2) is 29.8 Å². The van der Waals surface area contributed by atoms with Crippen molar-refractivity contribution in [1.82, 2.24) is 0 Å². The molecule has 0 amide bonds. The van der Waals surface area contributed by atoms with Gasteiger partial charge < -0.3 is 9.79 Å². The number of hydrogen-bond donors (Lipinski definition) is 2. The van der Waals surface area contributed by atoms with E-state index in [-0.39, 0.29) is 0 Å². The van der Waals surface area contributed by atoms with Crippen molar-refractivity contribution in [2.24, 2.45) is 4.99 Å². The van der Waals surface area contributed by atoms with Crippen molar-refractivity contribution in [2.45, 2.75) is 0 Å². The van der Waals surface area contributed by atoms with Gasteiger partial charge in [-0.15, -0.1) is 0 Å². The van der Waals surface area contributed by atoms with Crippen LogP contribution in [-0.2, 0) is 0 Å². The minimum atomic E-state index is -2.10. The smallest absolute Gasteiger partial charge is 0.200 e. The molecule has 0 radical (unpaired) electrons. The van der Waals surface area contributed by atoms with Crippen molar-refractivity contribution < 1.29 is 9.79 Å². The van der Waals surface area contributed by atoms with E-state index in [4.69, 9.17) is 9.79 Å². The van der Waals surface area contributed by atoms with Gasteiger partial charge in [-0.05, 0) is 18.9 Å². The van der Waals surface area contributed by atoms with Crippen LogP contribution < -0.4 is 5.30 Å². The molecule has 0 atom stereocenters. The van der Waals surface area contributed by atoms with Crippen LogP contribution in [0.2, 0.25) is 0 Å². The Balaban J connectivity index is 3.35. The first-order chi connectivity index (χ1) is 6.20. The van der Waals surface area contributed by atoms with Crippen LogP contribution in [0, 0.1) is 0 Å². The molecule has 68 valence electrons. The summed E-state index contributed by atoms with van der Waals surface area (Å²) in [5.74, 6) is 0. The Bertz CT molecular complexity index is 336. The van der Waals surface area contributed by atoms with Gasteiger partial charge in [-0.3, -0.25) is 4.99 Å². The van der Waals surface area contributed by atoms with Gasteiger partial charge in [-0.1, -0.05) is 18.7 Å². The molecular weight excluding hydrogens is 185 g/mol. The Morgan fingerprint density at radius 1 is 1.38 bits per heavy atom. The van der Waals surface area contributed by atoms with Gasteiger partial charge in [0.15, 0.2) is 8.38 Å². The molecule has 0 bridgehead atoms. The maximum atomic E-state index is 9.07. The van der Waals surface area contributed by atoms with Gasteiger partial charge in [0.2, 0.25) is 0 Å². The first-order valence-electron chi connectivity index (χ1n) is 3.60. The molecule has 0 aliphatic carbocycles. The standard InChI is InChI=1S/C9H10NO2P/c1-3-7-8(10-2)5-4-6-9(7)13(11)12/h3-6,11-12H,1-2H2. The van der Waals surface area contributed by atoms with E-state index in [1.165, 1.54) is 0 Å². The minimum Gasteiger partial charge on any atom is -0.347 e. The Morgan fingerprint density at radius 2 is 2.08 bits per heavy atom. The molecule has 0 aliphatic rings. The zero-order chi connectivity index (χ0) is 9.84. The first kappa shape index (κ1) is 10.1. The normalized spacial score (nSPS) is 10.1. The van der Waals surface area contributed by atoms with Gasteiger partial charge in [-0.25, -0.2) is 0 Å². The second-order valence-electron chi connectivity index (χ2n) is 2.36. The lowest BCUT2D eigenvalue weighted by atomic mass is 10.2. The molecule has 1 rings (SSSR count). The highest BCUT2D eigenvalue weighted by Crippen LogP contribution is 2.29. The summed E-state index contributed by atoms with van der Waals surface area (Å²) in [5.41, 5.74) is 1.25. The summed E-state index contributed by atoms with van der Waals surface area (Å²) in [6.45, 7) is 6.97. The quantitative estimate of drug-likeness (QED) is 0.568. The average molecular weight is 195 g/mol. The first-order valence-corrected chi connectivity index (χ1v) is 4.85. The SMILES string of the molecule is C=Cc1c(N=C)cccc1P(O)O. The molecule has 4 heteroatoms. The van der Waals surface area contributed by atoms with E-state index in [2.05, 4.69) is 18.3 Å². The summed E-state index contributed by atoms with van der Waals surface area (Å²) in [6.07, 6.45) is 1.54. The monoisotopic (exact) mass is 195 g/mol. The van der Waals surface area contributed by atoms with Crippen LogP contribution in [0.25, 0.3) is 6.08 Å². The van der Waals surface area contributed by atoms with Crippen molar-refractivity contribution in [2.75, 3.05) is 0 Å². The summed E-state index contributed by atoms with van der Waals surface area (Å²) in [4.78, 5) is 21.9. The summed E-state index contributed by atoms with van der Waals surface area (Å²) in [6, 6.07) is 5.08. The fourth-order valence-electron chi connectivity index (χ4n) is 1.06. The van der Waals surface area contributed by atoms with E-state index in [9.17, 15) is 0 Å². The molecule has 0 heterocycles. The predicted molar refractivity (Wildman–Crippen MR) is 56.7 cm³/mol. The zero-order valence-corrected chi connectivity index (χ0v) is 7.91. The lowest BCUT2D eigenvalue weighted by molar-refractivity contribution is 0.497. The van der Waals surface area contributed by atoms with Crippen molar-refractivity contribution in [3.63, 3.8) is 0 Å². The van der Waals surface area contributed by atoms with Crippen molar-refractivity contribution in [1.29, 1.82) is 0 Å². The van der Waals surface area contributed by atoms with Gasteiger partial charge in [0.05, 0.1) is 5.69 Å². The summed E-state index contributed by atoms with van der Waals surface area (Å²) in [5, 5.41) is 0.454. The van der Waals surface area contributed by atoms with E-state index in [1.807, 2.05) is 0 Å². The van der Waals surface area contributed by atoms with Crippen LogP contribution >= 0.6 is 8.38 Å². The van der Waals surface area contributed by atoms with Gasteiger partial charge in [-0.2, -0.15) is 0 Å². The van der Waals surface area contributed by atoms with E-state index in [0.29, 0.717) is 16.6 Å². The molecule has 1 aromatic carbocycles. The number of hydrogen-bond acceptors (Lipinski definition) is 3. The molecule has 2 N–H and O–H groups in total. The average Bonchev–Trinajstić information content (AvgIpc) is 2.16. The van der Waals surface area contributed by atoms with Crippen LogP contribution in [-0.4, -0.2) is 16.5 Å². The lowest BCUT2D eigenvalue weighted by Gasteiger charge is -2.08. The molecule has 0 spiro atoms. The summed E-state index contributed by atoms with van der Waals surface area (Å²) >= 11 is 0. The van der Waals surface area contributed by atoms with E-state index < -0.39 is 8.38 Å². The highest BCUT2D eigenvalue weighted by atomic mass is 31.2. The van der Waals surface area contributed by atoms with Crippen molar-refractivity contribution >= 4 is 32.2 Å². The van der Waals surface area contributed by atoms with Gasteiger partial charge >= 0.3 is 0 Å². The largest absolute Gasteiger partial charge is 0.347 e. The second-order valence-corrected chi connectivity index (χ2v) is 3.42. The topological polar surface area (TPSA) is 52.8 Å². The van der Waals surface area contributed by atoms with Crippen LogP contribution in [0.1, 0.15) is 5.56 Å². The molecule has 1 aromatic rings. The summed E-state index contributed by atoms with van der Waals surface area (Å²) in [7, 11) is -2.10. The molecule has 0 aromatic heterocycles. The lowest BCUT2D eigenvalue weighted by Crippen LogP contribution is -2.04. The minimum absolute atomic E-state index is 0.454. The third kappa shape index (κ3) is 2.01. The van der Waals surface area contributed by atoms with Crippen molar-refractivity contribution in [3.8, 4) is 0 Å². The molecule has 0 saturated carbocycles. The van der Waals surface area contributed by atoms with Gasteiger partial charge in [0.1, 0.15) is 0 Å². The fraction of sp³-hybridized carbons (Fsp3) is 0. The van der Waals surface area contributed by atoms with Crippen LogP contribution in [0.4, 0.5) is 5.69 Å². The van der Waals surface area contributed by atoms with Gasteiger partial charge in [0, 0.05) is 10.9 Å². The second kappa shape index (κ2) is 4.28. The fourth-order valence-corrected chi connectivity index (χ4v) is 1.70. The van der Waals surface area contributed by atoms with Crippen LogP contribution in [0.3, 0.4) is 0 Å². The molecule has 0 saturated heterocycles. The highest BCUT2D eigenvalue weighted by Gasteiger charge is 2.10. The number of rotatable bonds is 3. The summed E-state index contributed by atoms with van der Waals surface area (Å²) < 4.78 is 0. The Morgan fingerprint density at radius 3 is 2.54 bits per heavy atom. The Labute approximate surface area is 78.0 Å². The third-order valence-electron chi connectivity index (χ3n) is 1.65. The maximum absolute atomic E-state index is 9.07. The maximum Gasteiger partial charge on any atom is 0.200 e. The van der Waals surface area contributed by atoms with Gasteiger partial charge in [0.25, 0.3) is 0 Å². The van der Waals surface area contributed by atoms with E-state index in [1.54, 1.807) is 24.3 Å². The van der Waals surface area contributed by atoms with E-state index >= 15 is 0 Å².